The minimum Gasteiger partial charge on any atom is -0.497 e. The van der Waals surface area contributed by atoms with Gasteiger partial charge in [-0.15, -0.1) is 0 Å². The third kappa shape index (κ3) is 4.63. The Morgan fingerprint density at radius 2 is 2.19 bits per heavy atom. The quantitative estimate of drug-likeness (QED) is 0.846. The van der Waals surface area contributed by atoms with Gasteiger partial charge < -0.3 is 20.1 Å². The van der Waals surface area contributed by atoms with Gasteiger partial charge >= 0.3 is 0 Å². The second kappa shape index (κ2) is 7.88. The number of ether oxygens (including phenoxy) is 2. The lowest BCUT2D eigenvalue weighted by molar-refractivity contribution is -0.116. The molecular weight excluding hydrogens is 268 g/mol. The smallest absolute Gasteiger partial charge is 0.224 e. The van der Waals surface area contributed by atoms with Gasteiger partial charge in [0.05, 0.1) is 19.9 Å². The number of benzene rings is 1. The van der Waals surface area contributed by atoms with Crippen molar-refractivity contribution >= 4 is 11.6 Å². The van der Waals surface area contributed by atoms with E-state index in [1.54, 1.807) is 32.4 Å². The van der Waals surface area contributed by atoms with Crippen LogP contribution in [0.25, 0.3) is 0 Å². The zero-order valence-corrected chi connectivity index (χ0v) is 12.8. The first-order chi connectivity index (χ1) is 10.2. The second-order valence-corrected chi connectivity index (χ2v) is 5.30. The summed E-state index contributed by atoms with van der Waals surface area (Å²) >= 11 is 0. The number of piperidine rings is 1. The van der Waals surface area contributed by atoms with Crippen LogP contribution in [0.2, 0.25) is 0 Å². The fourth-order valence-corrected chi connectivity index (χ4v) is 2.60. The van der Waals surface area contributed by atoms with Crippen LogP contribution in [-0.4, -0.2) is 32.7 Å². The molecule has 1 aromatic rings. The molecule has 1 aromatic carbocycles. The van der Waals surface area contributed by atoms with Crippen LogP contribution in [0.4, 0.5) is 5.69 Å². The molecule has 1 heterocycles. The molecule has 2 rings (SSSR count). The summed E-state index contributed by atoms with van der Waals surface area (Å²) in [6.07, 6.45) is 5.04. The van der Waals surface area contributed by atoms with E-state index >= 15 is 0 Å². The van der Waals surface area contributed by atoms with Crippen molar-refractivity contribution < 1.29 is 14.3 Å². The molecule has 0 radical (unpaired) electrons. The van der Waals surface area contributed by atoms with Gasteiger partial charge in [-0.1, -0.05) is 6.42 Å². The van der Waals surface area contributed by atoms with Gasteiger partial charge in [0.25, 0.3) is 0 Å². The summed E-state index contributed by atoms with van der Waals surface area (Å²) < 4.78 is 10.4. The van der Waals surface area contributed by atoms with Crippen molar-refractivity contribution in [1.29, 1.82) is 0 Å². The van der Waals surface area contributed by atoms with E-state index in [0.717, 1.165) is 19.4 Å². The van der Waals surface area contributed by atoms with Gasteiger partial charge in [-0.2, -0.15) is 0 Å². The van der Waals surface area contributed by atoms with Crippen LogP contribution >= 0.6 is 0 Å². The van der Waals surface area contributed by atoms with Gasteiger partial charge in [0.15, 0.2) is 0 Å². The Kier molecular flexibility index (Phi) is 5.87. The monoisotopic (exact) mass is 292 g/mol. The van der Waals surface area contributed by atoms with E-state index in [9.17, 15) is 4.79 Å². The molecule has 2 N–H and O–H groups in total. The van der Waals surface area contributed by atoms with E-state index in [4.69, 9.17) is 9.47 Å². The zero-order valence-electron chi connectivity index (χ0n) is 12.8. The number of rotatable bonds is 6. The lowest BCUT2D eigenvalue weighted by atomic mass is 10.0. The van der Waals surface area contributed by atoms with Gasteiger partial charge in [-0.3, -0.25) is 4.79 Å². The standard InChI is InChI=1S/C16H24N2O3/c1-20-13-7-8-15(21-2)14(11-13)18-16(19)9-6-12-5-3-4-10-17-12/h7-8,11-12,17H,3-6,9-10H2,1-2H3,(H,18,19). The van der Waals surface area contributed by atoms with Gasteiger partial charge in [0, 0.05) is 18.5 Å². The number of carbonyl (C=O) groups is 1. The average Bonchev–Trinajstić information content (AvgIpc) is 2.54. The Morgan fingerprint density at radius 1 is 1.33 bits per heavy atom. The van der Waals surface area contributed by atoms with E-state index in [2.05, 4.69) is 10.6 Å². The molecule has 1 saturated heterocycles. The number of nitrogens with one attached hydrogen (secondary N) is 2. The van der Waals surface area contributed by atoms with Crippen LogP contribution in [-0.2, 0) is 4.79 Å². The van der Waals surface area contributed by atoms with Gasteiger partial charge in [0.1, 0.15) is 11.5 Å². The summed E-state index contributed by atoms with van der Waals surface area (Å²) in [4.78, 5) is 12.1. The molecule has 0 aliphatic carbocycles. The Morgan fingerprint density at radius 3 is 2.86 bits per heavy atom. The molecule has 1 aliphatic rings. The fourth-order valence-electron chi connectivity index (χ4n) is 2.60. The van der Waals surface area contributed by atoms with Crippen LogP contribution < -0.4 is 20.1 Å². The van der Waals surface area contributed by atoms with E-state index in [1.165, 1.54) is 12.8 Å². The summed E-state index contributed by atoms with van der Waals surface area (Å²) in [7, 11) is 3.19. The van der Waals surface area contributed by atoms with Crippen molar-refractivity contribution in [3.63, 3.8) is 0 Å². The molecule has 0 spiro atoms. The number of amides is 1. The van der Waals surface area contributed by atoms with Gasteiger partial charge in [-0.25, -0.2) is 0 Å². The molecule has 116 valence electrons. The largest absolute Gasteiger partial charge is 0.497 e. The number of carbonyl (C=O) groups excluding carboxylic acids is 1. The highest BCUT2D eigenvalue weighted by molar-refractivity contribution is 5.92. The third-order valence-corrected chi connectivity index (χ3v) is 3.81. The average molecular weight is 292 g/mol. The second-order valence-electron chi connectivity index (χ2n) is 5.30. The first-order valence-corrected chi connectivity index (χ1v) is 7.48. The molecule has 1 aliphatic heterocycles. The molecule has 1 unspecified atom stereocenters. The van der Waals surface area contributed by atoms with E-state index < -0.39 is 0 Å². The highest BCUT2D eigenvalue weighted by Gasteiger charge is 2.15. The van der Waals surface area contributed by atoms with Crippen LogP contribution in [0.1, 0.15) is 32.1 Å². The lowest BCUT2D eigenvalue weighted by Gasteiger charge is -2.23. The summed E-state index contributed by atoms with van der Waals surface area (Å²) in [6, 6.07) is 5.84. The van der Waals surface area contributed by atoms with Crippen molar-refractivity contribution in [2.75, 3.05) is 26.1 Å². The summed E-state index contributed by atoms with van der Waals surface area (Å²) in [5, 5.41) is 6.36. The SMILES string of the molecule is COc1ccc(OC)c(NC(=O)CCC2CCCCN2)c1. The fraction of sp³-hybridized carbons (Fsp3) is 0.562. The first-order valence-electron chi connectivity index (χ1n) is 7.48. The molecule has 0 aromatic heterocycles. The van der Waals surface area contributed by atoms with Gasteiger partial charge in [0.2, 0.25) is 5.91 Å². The Hall–Kier alpha value is -1.75. The Bertz CT molecular complexity index is 471. The summed E-state index contributed by atoms with van der Waals surface area (Å²) in [6.45, 7) is 1.07. The molecule has 0 bridgehead atoms. The minimum atomic E-state index is 0.00827. The predicted octanol–water partition coefficient (Wildman–Crippen LogP) is 2.56. The van der Waals surface area contributed by atoms with Crippen LogP contribution in [0.3, 0.4) is 0 Å². The van der Waals surface area contributed by atoms with Crippen molar-refractivity contribution in [3.05, 3.63) is 18.2 Å². The first kappa shape index (κ1) is 15.6. The van der Waals surface area contributed by atoms with Crippen LogP contribution in [0.5, 0.6) is 11.5 Å². The highest BCUT2D eigenvalue weighted by Crippen LogP contribution is 2.29. The molecule has 0 saturated carbocycles. The zero-order chi connectivity index (χ0) is 15.1. The van der Waals surface area contributed by atoms with E-state index in [1.807, 2.05) is 0 Å². The molecule has 5 heteroatoms. The molecule has 1 amide bonds. The normalized spacial score (nSPS) is 18.1. The third-order valence-electron chi connectivity index (χ3n) is 3.81. The maximum atomic E-state index is 12.1. The topological polar surface area (TPSA) is 59.6 Å². The Labute approximate surface area is 126 Å². The number of anilines is 1. The molecule has 1 fully saturated rings. The van der Waals surface area contributed by atoms with Gasteiger partial charge in [-0.05, 0) is 37.9 Å². The molecule has 1 atom stereocenters. The molecular formula is C16H24N2O3. The van der Waals surface area contributed by atoms with Crippen molar-refractivity contribution in [2.45, 2.75) is 38.1 Å². The summed E-state index contributed by atoms with van der Waals surface area (Å²) in [5.41, 5.74) is 0.651. The lowest BCUT2D eigenvalue weighted by Crippen LogP contribution is -2.34. The summed E-state index contributed by atoms with van der Waals surface area (Å²) in [5.74, 6) is 1.34. The molecule has 21 heavy (non-hydrogen) atoms. The molecule has 5 nitrogen and oxygen atoms in total. The van der Waals surface area contributed by atoms with Crippen LogP contribution in [0, 0.1) is 0 Å². The van der Waals surface area contributed by atoms with Crippen molar-refractivity contribution in [1.82, 2.24) is 5.32 Å². The van der Waals surface area contributed by atoms with E-state index in [-0.39, 0.29) is 5.91 Å². The Balaban J connectivity index is 1.89. The number of hydrogen-bond donors (Lipinski definition) is 2. The predicted molar refractivity (Wildman–Crippen MR) is 83.1 cm³/mol. The van der Waals surface area contributed by atoms with Crippen molar-refractivity contribution in [3.8, 4) is 11.5 Å². The number of methoxy groups -OCH3 is 2. The van der Waals surface area contributed by atoms with Crippen LogP contribution in [0.15, 0.2) is 18.2 Å². The van der Waals surface area contributed by atoms with Crippen molar-refractivity contribution in [2.24, 2.45) is 0 Å². The van der Waals surface area contributed by atoms with E-state index in [0.29, 0.717) is 29.6 Å². The number of hydrogen-bond acceptors (Lipinski definition) is 4. The highest BCUT2D eigenvalue weighted by atomic mass is 16.5. The maximum absolute atomic E-state index is 12.1. The minimum absolute atomic E-state index is 0.00827. The maximum Gasteiger partial charge on any atom is 0.224 e.